The van der Waals surface area contributed by atoms with E-state index in [0.717, 1.165) is 0 Å². The molecule has 0 saturated carbocycles. The number of nitrogens with zero attached hydrogens (tertiary/aromatic N) is 3. The number of para-hydroxylation sites is 2. The number of aryl methyl sites for hydroxylation is 1. The van der Waals surface area contributed by atoms with Gasteiger partial charge in [-0.15, -0.1) is 0 Å². The summed E-state index contributed by atoms with van der Waals surface area (Å²) in [5.74, 6) is 0. The lowest BCUT2D eigenvalue weighted by Crippen LogP contribution is -2.15. The van der Waals surface area contributed by atoms with Crippen LogP contribution in [-0.4, -0.2) is 19.9 Å². The first kappa shape index (κ1) is 10.5. The van der Waals surface area contributed by atoms with Crippen molar-refractivity contribution in [2.45, 2.75) is 6.92 Å². The summed E-state index contributed by atoms with van der Waals surface area (Å²) in [4.78, 5) is 37.7. The van der Waals surface area contributed by atoms with Crippen molar-refractivity contribution >= 4 is 22.1 Å². The Labute approximate surface area is 100 Å². The third-order valence-corrected chi connectivity index (χ3v) is 2.64. The zero-order valence-corrected chi connectivity index (χ0v) is 9.47. The molecule has 2 aromatic heterocycles. The van der Waals surface area contributed by atoms with E-state index in [1.807, 2.05) is 0 Å². The number of aromatic amines is 1. The van der Waals surface area contributed by atoms with Crippen LogP contribution in [0.2, 0.25) is 0 Å². The number of hydrogen-bond acceptors (Lipinski definition) is 5. The quantitative estimate of drug-likeness (QED) is 0.619. The summed E-state index contributed by atoms with van der Waals surface area (Å²) in [6, 6.07) is 6.97. The topological polar surface area (TPSA) is 88.6 Å². The fraction of sp³-hybridized carbons (Fsp3) is 0.0833. The normalized spacial score (nSPS) is 10.9. The molecule has 0 bridgehead atoms. The summed E-state index contributed by atoms with van der Waals surface area (Å²) in [5.41, 5.74) is 0.585. The van der Waals surface area contributed by atoms with Crippen molar-refractivity contribution < 1.29 is 0 Å². The number of nitrogens with one attached hydrogen (secondary N) is 1. The summed E-state index contributed by atoms with van der Waals surface area (Å²) < 4.78 is 0. The Morgan fingerprint density at radius 1 is 1.00 bits per heavy atom. The first-order valence-electron chi connectivity index (χ1n) is 5.33. The molecule has 1 N–H and O–H groups in total. The van der Waals surface area contributed by atoms with Crippen molar-refractivity contribution in [2.75, 3.05) is 0 Å². The van der Waals surface area contributed by atoms with Crippen LogP contribution in [0.15, 0.2) is 33.9 Å². The first-order valence-corrected chi connectivity index (χ1v) is 5.33. The minimum atomic E-state index is -0.526. The highest BCUT2D eigenvalue weighted by Crippen LogP contribution is 2.09. The predicted molar refractivity (Wildman–Crippen MR) is 66.5 cm³/mol. The molecule has 6 heteroatoms. The van der Waals surface area contributed by atoms with Crippen LogP contribution in [-0.2, 0) is 0 Å². The van der Waals surface area contributed by atoms with Crippen LogP contribution >= 0.6 is 0 Å². The maximum atomic E-state index is 12.0. The summed E-state index contributed by atoms with van der Waals surface area (Å²) in [5, 5.41) is 0.241. The van der Waals surface area contributed by atoms with Crippen molar-refractivity contribution in [3.63, 3.8) is 0 Å². The molecule has 0 amide bonds. The second-order valence-electron chi connectivity index (χ2n) is 3.88. The van der Waals surface area contributed by atoms with Gasteiger partial charge in [-0.05, 0) is 19.1 Å². The Morgan fingerprint density at radius 3 is 2.39 bits per heavy atom. The number of rotatable bonds is 0. The van der Waals surface area contributed by atoms with Gasteiger partial charge in [0.2, 0.25) is 0 Å². The van der Waals surface area contributed by atoms with Gasteiger partial charge in [-0.2, -0.15) is 4.98 Å². The van der Waals surface area contributed by atoms with Gasteiger partial charge >= 0.3 is 5.69 Å². The number of benzene rings is 1. The smallest absolute Gasteiger partial charge is 0.309 e. The van der Waals surface area contributed by atoms with Crippen LogP contribution in [0.4, 0.5) is 0 Å². The molecule has 3 aromatic rings. The van der Waals surface area contributed by atoms with Crippen molar-refractivity contribution in [2.24, 2.45) is 0 Å². The molecular weight excluding hydrogens is 232 g/mol. The molecule has 6 nitrogen and oxygen atoms in total. The Balaban J connectivity index is 2.70. The standard InChI is InChI=1S/C12H8N4O2/c1-6-9-10(16-12(18)13-6)14-7-4-2-3-5-8(7)15-11(9)17/h2-5H,1H3,(H,13,16,18). The lowest BCUT2D eigenvalue weighted by molar-refractivity contribution is 1.05. The fourth-order valence-electron chi connectivity index (χ4n) is 1.84. The number of aromatic nitrogens is 4. The molecule has 0 radical (unpaired) electrons. The van der Waals surface area contributed by atoms with Gasteiger partial charge in [0.05, 0.1) is 11.0 Å². The minimum absolute atomic E-state index is 0.120. The van der Waals surface area contributed by atoms with Crippen LogP contribution in [0.25, 0.3) is 22.1 Å². The van der Waals surface area contributed by atoms with E-state index in [9.17, 15) is 9.59 Å². The predicted octanol–water partition coefficient (Wildman–Crippen LogP) is 0.535. The molecule has 88 valence electrons. The van der Waals surface area contributed by atoms with Crippen molar-refractivity contribution in [3.05, 3.63) is 50.8 Å². The highest BCUT2D eigenvalue weighted by molar-refractivity contribution is 5.82. The summed E-state index contributed by atoms with van der Waals surface area (Å²) in [6.07, 6.45) is 0. The summed E-state index contributed by atoms with van der Waals surface area (Å²) >= 11 is 0. The Hall–Kier alpha value is -2.63. The number of hydrogen-bond donors (Lipinski definition) is 1. The second kappa shape index (κ2) is 3.69. The largest absolute Gasteiger partial charge is 0.347 e. The van der Waals surface area contributed by atoms with Crippen molar-refractivity contribution in [1.29, 1.82) is 0 Å². The number of H-pyrrole nitrogens is 1. The van der Waals surface area contributed by atoms with Crippen LogP contribution in [0.3, 0.4) is 0 Å². The molecule has 0 unspecified atom stereocenters. The van der Waals surface area contributed by atoms with Gasteiger partial charge in [0.1, 0.15) is 5.39 Å². The molecule has 0 atom stereocenters. The monoisotopic (exact) mass is 240 g/mol. The molecule has 3 rings (SSSR count). The Morgan fingerprint density at radius 2 is 1.67 bits per heavy atom. The van der Waals surface area contributed by atoms with E-state index in [4.69, 9.17) is 0 Å². The van der Waals surface area contributed by atoms with Gasteiger partial charge in [0.25, 0.3) is 5.56 Å². The Kier molecular flexibility index (Phi) is 2.16. The third kappa shape index (κ3) is 1.55. The molecule has 1 aromatic carbocycles. The lowest BCUT2D eigenvalue weighted by atomic mass is 10.3. The van der Waals surface area contributed by atoms with Gasteiger partial charge in [0.15, 0.2) is 5.65 Å². The maximum Gasteiger partial charge on any atom is 0.347 e. The van der Waals surface area contributed by atoms with E-state index in [1.165, 1.54) is 0 Å². The maximum absolute atomic E-state index is 12.0. The second-order valence-corrected chi connectivity index (χ2v) is 3.88. The van der Waals surface area contributed by atoms with E-state index >= 15 is 0 Å². The summed E-state index contributed by atoms with van der Waals surface area (Å²) in [7, 11) is 0. The average Bonchev–Trinajstić information content (AvgIpc) is 2.43. The van der Waals surface area contributed by atoms with Crippen LogP contribution in [0.1, 0.15) is 5.69 Å². The van der Waals surface area contributed by atoms with Gasteiger partial charge in [0, 0.05) is 5.69 Å². The van der Waals surface area contributed by atoms with Gasteiger partial charge in [-0.1, -0.05) is 12.1 Å². The molecule has 2 heterocycles. The highest BCUT2D eigenvalue weighted by atomic mass is 16.1. The number of fused-ring (bicyclic) bond motifs is 2. The summed E-state index contributed by atoms with van der Waals surface area (Å²) in [6.45, 7) is 1.63. The molecule has 0 saturated heterocycles. The van der Waals surface area contributed by atoms with E-state index < -0.39 is 11.2 Å². The minimum Gasteiger partial charge on any atom is -0.309 e. The molecular formula is C12H8N4O2. The Bertz CT molecular complexity index is 886. The van der Waals surface area contributed by atoms with Gasteiger partial charge in [-0.3, -0.25) is 4.79 Å². The molecule has 0 aliphatic carbocycles. The molecule has 18 heavy (non-hydrogen) atoms. The molecule has 0 fully saturated rings. The van der Waals surface area contributed by atoms with E-state index in [0.29, 0.717) is 16.7 Å². The highest BCUT2D eigenvalue weighted by Gasteiger charge is 2.07. The third-order valence-electron chi connectivity index (χ3n) is 2.64. The van der Waals surface area contributed by atoms with Crippen LogP contribution < -0.4 is 11.2 Å². The zero-order chi connectivity index (χ0) is 12.7. The van der Waals surface area contributed by atoms with Crippen LogP contribution in [0.5, 0.6) is 0 Å². The van der Waals surface area contributed by atoms with Crippen molar-refractivity contribution in [1.82, 2.24) is 19.9 Å². The SMILES string of the molecule is Cc1[nH]c(=O)nc2nc3ccccc3nc(=O)c12. The van der Waals surface area contributed by atoms with E-state index in [1.54, 1.807) is 31.2 Å². The van der Waals surface area contributed by atoms with Gasteiger partial charge < -0.3 is 4.98 Å². The first-order chi connectivity index (χ1) is 8.65. The fourth-order valence-corrected chi connectivity index (χ4v) is 1.84. The van der Waals surface area contributed by atoms with E-state index in [2.05, 4.69) is 19.9 Å². The molecule has 0 aliphatic rings. The van der Waals surface area contributed by atoms with Crippen molar-refractivity contribution in [3.8, 4) is 0 Å². The lowest BCUT2D eigenvalue weighted by Gasteiger charge is -1.93. The van der Waals surface area contributed by atoms with Gasteiger partial charge in [-0.25, -0.2) is 14.8 Å². The molecule has 0 aliphatic heterocycles. The zero-order valence-electron chi connectivity index (χ0n) is 9.47. The molecule has 0 spiro atoms. The van der Waals surface area contributed by atoms with E-state index in [-0.39, 0.29) is 11.0 Å². The van der Waals surface area contributed by atoms with Crippen LogP contribution in [0, 0.1) is 6.92 Å². The average molecular weight is 240 g/mol.